The highest BCUT2D eigenvalue weighted by Crippen LogP contribution is 2.32. The zero-order valence-corrected chi connectivity index (χ0v) is 17.0. The molecule has 1 aliphatic heterocycles. The van der Waals surface area contributed by atoms with Gasteiger partial charge in [0.1, 0.15) is 18.2 Å². The average molecular weight is 467 g/mol. The second-order valence-electron chi connectivity index (χ2n) is 7.30. The number of alkyl halides is 3. The summed E-state index contributed by atoms with van der Waals surface area (Å²) < 4.78 is 74.2. The standard InChI is InChI=1S/C21H18F5N5O2/c22-15-7-13(30-18(32)6-12-2-1-3-14(19(12)23)21(24,25)26)8-28-20(15)31-10-16(29-11-31)17-9-27-4-5-33-17/h1-3,7-8,10-11,17,27H,4-6,9H2,(H,30,32)/t17-/m0/s1. The number of anilines is 1. The Kier molecular flexibility index (Phi) is 6.38. The summed E-state index contributed by atoms with van der Waals surface area (Å²) in [5, 5.41) is 5.48. The fourth-order valence-electron chi connectivity index (χ4n) is 3.38. The summed E-state index contributed by atoms with van der Waals surface area (Å²) in [6.45, 7) is 1.84. The number of aromatic nitrogens is 3. The molecule has 12 heteroatoms. The van der Waals surface area contributed by atoms with Gasteiger partial charge in [0.25, 0.3) is 0 Å². The van der Waals surface area contributed by atoms with Crippen molar-refractivity contribution in [1.82, 2.24) is 19.9 Å². The Morgan fingerprint density at radius 3 is 2.79 bits per heavy atom. The van der Waals surface area contributed by atoms with Gasteiger partial charge in [-0.2, -0.15) is 13.2 Å². The summed E-state index contributed by atoms with van der Waals surface area (Å²) in [7, 11) is 0. The van der Waals surface area contributed by atoms with Crippen molar-refractivity contribution in [3.8, 4) is 5.82 Å². The number of amides is 1. The van der Waals surface area contributed by atoms with Crippen molar-refractivity contribution in [2.75, 3.05) is 25.0 Å². The molecule has 7 nitrogen and oxygen atoms in total. The van der Waals surface area contributed by atoms with Crippen LogP contribution in [0.25, 0.3) is 5.82 Å². The number of pyridine rings is 1. The Hall–Kier alpha value is -3.38. The maximum Gasteiger partial charge on any atom is 0.419 e. The summed E-state index contributed by atoms with van der Waals surface area (Å²) in [5.74, 6) is -3.19. The van der Waals surface area contributed by atoms with Gasteiger partial charge in [-0.05, 0) is 11.6 Å². The minimum absolute atomic E-state index is 0.0335. The van der Waals surface area contributed by atoms with Crippen LogP contribution in [0.2, 0.25) is 0 Å². The fourth-order valence-corrected chi connectivity index (χ4v) is 3.38. The van der Waals surface area contributed by atoms with Gasteiger partial charge < -0.3 is 15.4 Å². The number of hydrogen-bond donors (Lipinski definition) is 2. The summed E-state index contributed by atoms with van der Waals surface area (Å²) in [6.07, 6.45) is -1.67. The minimum atomic E-state index is -4.88. The van der Waals surface area contributed by atoms with E-state index < -0.39 is 41.3 Å². The third-order valence-electron chi connectivity index (χ3n) is 4.95. The molecule has 2 aromatic heterocycles. The van der Waals surface area contributed by atoms with Crippen molar-refractivity contribution < 1.29 is 31.5 Å². The molecule has 3 heterocycles. The van der Waals surface area contributed by atoms with E-state index in [0.717, 1.165) is 24.7 Å². The predicted molar refractivity (Wildman–Crippen MR) is 107 cm³/mol. The lowest BCUT2D eigenvalue weighted by Gasteiger charge is -2.21. The third-order valence-corrected chi connectivity index (χ3v) is 4.95. The second-order valence-corrected chi connectivity index (χ2v) is 7.30. The van der Waals surface area contributed by atoms with E-state index in [1.807, 2.05) is 0 Å². The van der Waals surface area contributed by atoms with E-state index in [9.17, 15) is 26.7 Å². The number of halogens is 5. The average Bonchev–Trinajstić information content (AvgIpc) is 3.25. The number of morpholine rings is 1. The van der Waals surface area contributed by atoms with Crippen LogP contribution in [0.3, 0.4) is 0 Å². The Morgan fingerprint density at radius 1 is 1.27 bits per heavy atom. The molecule has 1 fully saturated rings. The molecule has 0 bridgehead atoms. The molecule has 1 aliphatic rings. The molecule has 1 atom stereocenters. The number of rotatable bonds is 5. The maximum atomic E-state index is 14.6. The monoisotopic (exact) mass is 467 g/mol. The van der Waals surface area contributed by atoms with Gasteiger partial charge in [-0.3, -0.25) is 9.36 Å². The summed E-state index contributed by atoms with van der Waals surface area (Å²) in [6, 6.07) is 3.68. The number of carbonyl (C=O) groups is 1. The van der Waals surface area contributed by atoms with E-state index in [-0.39, 0.29) is 17.6 Å². The van der Waals surface area contributed by atoms with E-state index in [0.29, 0.717) is 24.9 Å². The molecule has 174 valence electrons. The van der Waals surface area contributed by atoms with Crippen molar-refractivity contribution in [2.24, 2.45) is 0 Å². The van der Waals surface area contributed by atoms with Crippen LogP contribution in [0.4, 0.5) is 27.6 Å². The van der Waals surface area contributed by atoms with Crippen molar-refractivity contribution in [3.05, 3.63) is 71.4 Å². The number of benzene rings is 1. The molecule has 2 N–H and O–H groups in total. The molecule has 0 aliphatic carbocycles. The van der Waals surface area contributed by atoms with Crippen LogP contribution in [0.1, 0.15) is 22.9 Å². The van der Waals surface area contributed by atoms with E-state index in [4.69, 9.17) is 4.74 Å². The minimum Gasteiger partial charge on any atom is -0.369 e. The quantitative estimate of drug-likeness (QED) is 0.563. The van der Waals surface area contributed by atoms with Crippen molar-refractivity contribution in [3.63, 3.8) is 0 Å². The van der Waals surface area contributed by atoms with Gasteiger partial charge in [0.05, 0.1) is 36.2 Å². The van der Waals surface area contributed by atoms with Gasteiger partial charge in [-0.25, -0.2) is 18.7 Å². The molecule has 1 saturated heterocycles. The number of nitrogens with zero attached hydrogens (tertiary/aromatic N) is 3. The number of hydrogen-bond acceptors (Lipinski definition) is 5. The predicted octanol–water partition coefficient (Wildman–Crippen LogP) is 3.41. The first-order valence-electron chi connectivity index (χ1n) is 9.89. The molecule has 0 saturated carbocycles. The summed E-state index contributed by atoms with van der Waals surface area (Å²) in [5.41, 5.74) is -1.32. The Morgan fingerprint density at radius 2 is 2.09 bits per heavy atom. The Balaban J connectivity index is 1.45. The molecule has 4 rings (SSSR count). The van der Waals surface area contributed by atoms with E-state index >= 15 is 0 Å². The lowest BCUT2D eigenvalue weighted by atomic mass is 10.1. The van der Waals surface area contributed by atoms with Crippen LogP contribution >= 0.6 is 0 Å². The number of ether oxygens (including phenoxy) is 1. The second kappa shape index (κ2) is 9.24. The molecule has 33 heavy (non-hydrogen) atoms. The van der Waals surface area contributed by atoms with Crippen LogP contribution in [0.15, 0.2) is 43.0 Å². The van der Waals surface area contributed by atoms with Crippen molar-refractivity contribution >= 4 is 11.6 Å². The largest absolute Gasteiger partial charge is 0.419 e. The van der Waals surface area contributed by atoms with Gasteiger partial charge in [-0.1, -0.05) is 12.1 Å². The van der Waals surface area contributed by atoms with Crippen molar-refractivity contribution in [2.45, 2.75) is 18.7 Å². The molecule has 3 aromatic rings. The molecule has 0 spiro atoms. The summed E-state index contributed by atoms with van der Waals surface area (Å²) >= 11 is 0. The summed E-state index contributed by atoms with van der Waals surface area (Å²) in [4.78, 5) is 20.4. The molecule has 1 aromatic carbocycles. The number of carbonyl (C=O) groups excluding carboxylic acids is 1. The molecular weight excluding hydrogens is 449 g/mol. The molecule has 1 amide bonds. The highest BCUT2D eigenvalue weighted by Gasteiger charge is 2.35. The van der Waals surface area contributed by atoms with Crippen LogP contribution in [0.5, 0.6) is 0 Å². The zero-order valence-electron chi connectivity index (χ0n) is 17.0. The Bertz CT molecular complexity index is 1160. The van der Waals surface area contributed by atoms with Gasteiger partial charge >= 0.3 is 6.18 Å². The van der Waals surface area contributed by atoms with E-state index in [2.05, 4.69) is 20.6 Å². The van der Waals surface area contributed by atoms with Gasteiger partial charge in [0.15, 0.2) is 11.6 Å². The molecule has 0 radical (unpaired) electrons. The molecule has 0 unspecified atom stereocenters. The van der Waals surface area contributed by atoms with Crippen LogP contribution < -0.4 is 10.6 Å². The first kappa shape index (κ1) is 22.8. The third kappa shape index (κ3) is 5.17. The first-order chi connectivity index (χ1) is 15.7. The van der Waals surface area contributed by atoms with Crippen LogP contribution in [-0.4, -0.2) is 40.1 Å². The highest BCUT2D eigenvalue weighted by atomic mass is 19.4. The lowest BCUT2D eigenvalue weighted by molar-refractivity contribution is -0.140. The van der Waals surface area contributed by atoms with E-state index in [1.54, 1.807) is 6.20 Å². The van der Waals surface area contributed by atoms with Gasteiger partial charge in [-0.15, -0.1) is 0 Å². The maximum absolute atomic E-state index is 14.6. The topological polar surface area (TPSA) is 81.1 Å². The van der Waals surface area contributed by atoms with Crippen LogP contribution in [0, 0.1) is 11.6 Å². The smallest absolute Gasteiger partial charge is 0.369 e. The van der Waals surface area contributed by atoms with Crippen molar-refractivity contribution in [1.29, 1.82) is 0 Å². The number of nitrogens with one attached hydrogen (secondary N) is 2. The SMILES string of the molecule is O=C(Cc1cccc(C(F)(F)F)c1F)Nc1cnc(-n2cnc([C@@H]3CNCCO3)c2)c(F)c1. The van der Waals surface area contributed by atoms with Gasteiger partial charge in [0.2, 0.25) is 5.91 Å². The van der Waals surface area contributed by atoms with Crippen LogP contribution in [-0.2, 0) is 22.1 Å². The Labute approximate surface area is 184 Å². The normalized spacial score (nSPS) is 16.6. The van der Waals surface area contributed by atoms with E-state index in [1.165, 1.54) is 17.1 Å². The number of imidazole rings is 1. The first-order valence-corrected chi connectivity index (χ1v) is 9.89. The highest BCUT2D eigenvalue weighted by molar-refractivity contribution is 5.92. The lowest BCUT2D eigenvalue weighted by Crippen LogP contribution is -2.33. The zero-order chi connectivity index (χ0) is 23.6. The van der Waals surface area contributed by atoms with Gasteiger partial charge in [0, 0.05) is 25.4 Å². The molecular formula is C21H18F5N5O2. The fraction of sp³-hybridized carbons (Fsp3) is 0.286.